The predicted octanol–water partition coefficient (Wildman–Crippen LogP) is 5.03. The molecule has 0 radical (unpaired) electrons. The molecule has 0 unspecified atom stereocenters. The lowest BCUT2D eigenvalue weighted by Crippen LogP contribution is -2.31. The van der Waals surface area contributed by atoms with Gasteiger partial charge in [0.05, 0.1) is 24.7 Å². The van der Waals surface area contributed by atoms with E-state index >= 15 is 0 Å². The van der Waals surface area contributed by atoms with Crippen LogP contribution in [0.4, 0.5) is 11.4 Å². The van der Waals surface area contributed by atoms with E-state index in [9.17, 15) is 13.2 Å². The highest BCUT2D eigenvalue weighted by Crippen LogP contribution is 2.33. The first kappa shape index (κ1) is 23.7. The van der Waals surface area contributed by atoms with Crippen molar-refractivity contribution in [3.8, 4) is 5.75 Å². The van der Waals surface area contributed by atoms with Crippen molar-refractivity contribution >= 4 is 39.1 Å². The number of nitrogens with zero attached hydrogens (tertiary/aromatic N) is 1. The second-order valence-corrected chi connectivity index (χ2v) is 10.1. The second-order valence-electron chi connectivity index (χ2n) is 7.07. The summed E-state index contributed by atoms with van der Waals surface area (Å²) in [5, 5.41) is 2.95. The molecular formula is C24H26N2O4S2. The summed E-state index contributed by atoms with van der Waals surface area (Å²) in [7, 11) is -2.03. The maximum Gasteiger partial charge on any atom is 0.232 e. The first-order chi connectivity index (χ1) is 15.4. The van der Waals surface area contributed by atoms with Crippen LogP contribution in [0.15, 0.2) is 88.7 Å². The van der Waals surface area contributed by atoms with E-state index < -0.39 is 10.0 Å². The minimum Gasteiger partial charge on any atom is -0.495 e. The van der Waals surface area contributed by atoms with Gasteiger partial charge in [0.15, 0.2) is 0 Å². The molecule has 8 heteroatoms. The molecule has 3 rings (SSSR count). The number of carbonyl (C=O) groups is 1. The Bertz CT molecular complexity index is 1150. The van der Waals surface area contributed by atoms with Gasteiger partial charge in [0.25, 0.3) is 0 Å². The Morgan fingerprint density at radius 1 is 0.969 bits per heavy atom. The number of methoxy groups -OCH3 is 1. The van der Waals surface area contributed by atoms with Gasteiger partial charge in [0.2, 0.25) is 15.9 Å². The Labute approximate surface area is 193 Å². The average molecular weight is 471 g/mol. The summed E-state index contributed by atoms with van der Waals surface area (Å²) in [5.41, 5.74) is 1.19. The lowest BCUT2D eigenvalue weighted by molar-refractivity contribution is -0.116. The molecule has 0 bridgehead atoms. The van der Waals surface area contributed by atoms with E-state index in [2.05, 4.69) is 5.32 Å². The number of carbonyl (C=O) groups excluding carboxylic acids is 1. The highest BCUT2D eigenvalue weighted by molar-refractivity contribution is 7.99. The summed E-state index contributed by atoms with van der Waals surface area (Å²) in [6.07, 6.45) is 1.70. The predicted molar refractivity (Wildman–Crippen MR) is 130 cm³/mol. The summed E-state index contributed by atoms with van der Waals surface area (Å²) in [5.74, 6) is 0.300. The number of nitrogens with one attached hydrogen (secondary N) is 1. The quantitative estimate of drug-likeness (QED) is 0.450. The van der Waals surface area contributed by atoms with Crippen LogP contribution < -0.4 is 14.4 Å². The minimum atomic E-state index is -3.53. The lowest BCUT2D eigenvalue weighted by atomic mass is 10.2. The summed E-state index contributed by atoms with van der Waals surface area (Å²) in [4.78, 5) is 14.6. The van der Waals surface area contributed by atoms with Crippen LogP contribution in [-0.4, -0.2) is 34.2 Å². The van der Waals surface area contributed by atoms with Crippen LogP contribution in [-0.2, 0) is 14.8 Å². The van der Waals surface area contributed by atoms with Crippen molar-refractivity contribution in [2.24, 2.45) is 0 Å². The van der Waals surface area contributed by atoms with E-state index in [1.165, 1.54) is 11.4 Å². The van der Waals surface area contributed by atoms with Crippen molar-refractivity contribution in [3.05, 3.63) is 78.9 Å². The Morgan fingerprint density at radius 3 is 2.34 bits per heavy atom. The maximum absolute atomic E-state index is 12.6. The SMILES string of the molecule is COc1ccccc1N(CCCC(=O)Nc1ccccc1Sc1ccccc1)S(C)(=O)=O. The molecule has 3 aromatic rings. The number of hydrogen-bond donors (Lipinski definition) is 1. The van der Waals surface area contributed by atoms with Crippen molar-refractivity contribution in [3.63, 3.8) is 0 Å². The molecule has 32 heavy (non-hydrogen) atoms. The fourth-order valence-electron chi connectivity index (χ4n) is 3.17. The van der Waals surface area contributed by atoms with Gasteiger partial charge >= 0.3 is 0 Å². The molecule has 0 saturated heterocycles. The molecule has 6 nitrogen and oxygen atoms in total. The number of rotatable bonds is 10. The molecule has 0 aromatic heterocycles. The first-order valence-corrected chi connectivity index (χ1v) is 12.8. The molecule has 1 amide bonds. The molecule has 0 atom stereocenters. The third-order valence-corrected chi connectivity index (χ3v) is 6.92. The molecule has 168 valence electrons. The van der Waals surface area contributed by atoms with Gasteiger partial charge < -0.3 is 10.1 Å². The van der Waals surface area contributed by atoms with Crippen molar-refractivity contribution < 1.29 is 17.9 Å². The summed E-state index contributed by atoms with van der Waals surface area (Å²) >= 11 is 1.57. The van der Waals surface area contributed by atoms with E-state index in [0.29, 0.717) is 17.9 Å². The minimum absolute atomic E-state index is 0.167. The standard InChI is InChI=1S/C24H26N2O4S2/c1-30-22-15-8-7-14-21(22)26(32(2,28)29)18-10-17-24(27)25-20-13-6-9-16-23(20)31-19-11-4-3-5-12-19/h3-9,11-16H,10,17-18H2,1-2H3,(H,25,27). The molecule has 0 aliphatic carbocycles. The zero-order valence-electron chi connectivity index (χ0n) is 18.0. The molecular weight excluding hydrogens is 444 g/mol. The van der Waals surface area contributed by atoms with Crippen LogP contribution in [0.1, 0.15) is 12.8 Å². The first-order valence-electron chi connectivity index (χ1n) is 10.1. The molecule has 0 aliphatic heterocycles. The van der Waals surface area contributed by atoms with Gasteiger partial charge in [-0.15, -0.1) is 0 Å². The molecule has 0 saturated carbocycles. The summed E-state index contributed by atoms with van der Waals surface area (Å²) in [6.45, 7) is 0.174. The molecule has 0 spiro atoms. The largest absolute Gasteiger partial charge is 0.495 e. The van der Waals surface area contributed by atoms with E-state index in [4.69, 9.17) is 4.74 Å². The number of hydrogen-bond acceptors (Lipinski definition) is 5. The van der Waals surface area contributed by atoms with Crippen LogP contribution in [0, 0.1) is 0 Å². The Morgan fingerprint density at radius 2 is 1.62 bits per heavy atom. The van der Waals surface area contributed by atoms with Crippen LogP contribution in [0.2, 0.25) is 0 Å². The van der Waals surface area contributed by atoms with Crippen molar-refractivity contribution in [1.29, 1.82) is 0 Å². The number of sulfonamides is 1. The fraction of sp³-hybridized carbons (Fsp3) is 0.208. The third-order valence-electron chi connectivity index (χ3n) is 4.65. The van der Waals surface area contributed by atoms with Crippen LogP contribution in [0.25, 0.3) is 0 Å². The number of para-hydroxylation sites is 3. The molecule has 0 heterocycles. The Kier molecular flexibility index (Phi) is 8.19. The van der Waals surface area contributed by atoms with E-state index in [-0.39, 0.29) is 18.9 Å². The van der Waals surface area contributed by atoms with Gasteiger partial charge in [0.1, 0.15) is 5.75 Å². The number of anilines is 2. The fourth-order valence-corrected chi connectivity index (χ4v) is 5.06. The highest BCUT2D eigenvalue weighted by atomic mass is 32.2. The van der Waals surface area contributed by atoms with Gasteiger partial charge in [-0.3, -0.25) is 9.10 Å². The molecule has 3 aromatic carbocycles. The topological polar surface area (TPSA) is 75.7 Å². The number of benzene rings is 3. The monoisotopic (exact) mass is 470 g/mol. The molecule has 1 N–H and O–H groups in total. The highest BCUT2D eigenvalue weighted by Gasteiger charge is 2.21. The third kappa shape index (κ3) is 6.51. The van der Waals surface area contributed by atoms with Crippen LogP contribution in [0.3, 0.4) is 0 Å². The summed E-state index contributed by atoms with van der Waals surface area (Å²) < 4.78 is 31.3. The molecule has 0 fully saturated rings. The van der Waals surface area contributed by atoms with Gasteiger partial charge in [-0.2, -0.15) is 0 Å². The van der Waals surface area contributed by atoms with Crippen molar-refractivity contribution in [1.82, 2.24) is 0 Å². The average Bonchev–Trinajstić information content (AvgIpc) is 2.78. The van der Waals surface area contributed by atoms with Gasteiger partial charge in [-0.1, -0.05) is 54.2 Å². The number of amides is 1. The van der Waals surface area contributed by atoms with Gasteiger partial charge in [-0.25, -0.2) is 8.42 Å². The van der Waals surface area contributed by atoms with Gasteiger partial charge in [-0.05, 0) is 42.8 Å². The molecule has 0 aliphatic rings. The van der Waals surface area contributed by atoms with Gasteiger partial charge in [0, 0.05) is 22.8 Å². The van der Waals surface area contributed by atoms with E-state index in [0.717, 1.165) is 21.7 Å². The Hall–Kier alpha value is -2.97. The van der Waals surface area contributed by atoms with Crippen molar-refractivity contribution in [2.45, 2.75) is 22.6 Å². The zero-order chi connectivity index (χ0) is 23.0. The van der Waals surface area contributed by atoms with Crippen LogP contribution >= 0.6 is 11.8 Å². The smallest absolute Gasteiger partial charge is 0.232 e. The van der Waals surface area contributed by atoms with Crippen molar-refractivity contribution in [2.75, 3.05) is 29.5 Å². The lowest BCUT2D eigenvalue weighted by Gasteiger charge is -2.24. The Balaban J connectivity index is 1.63. The second kappa shape index (κ2) is 11.1. The number of ether oxygens (including phenoxy) is 1. The maximum atomic E-state index is 12.6. The van der Waals surface area contributed by atoms with Crippen LogP contribution in [0.5, 0.6) is 5.75 Å². The van der Waals surface area contributed by atoms with E-state index in [1.54, 1.807) is 36.0 Å². The normalized spacial score (nSPS) is 11.1. The van der Waals surface area contributed by atoms with E-state index in [1.807, 2.05) is 54.6 Å². The summed E-state index contributed by atoms with van der Waals surface area (Å²) in [6, 6.07) is 24.5. The zero-order valence-corrected chi connectivity index (χ0v) is 19.7.